The molecular formula is C18H26N2O5S. The van der Waals surface area contributed by atoms with Gasteiger partial charge in [0.1, 0.15) is 11.8 Å². The third kappa shape index (κ3) is 3.58. The monoisotopic (exact) mass is 382 g/mol. The average Bonchev–Trinajstić information content (AvgIpc) is 3.32. The van der Waals surface area contributed by atoms with Gasteiger partial charge in [0, 0.05) is 13.1 Å². The van der Waals surface area contributed by atoms with Crippen LogP contribution in [-0.4, -0.2) is 55.8 Å². The molecule has 0 aromatic heterocycles. The molecule has 2 aliphatic rings. The van der Waals surface area contributed by atoms with Gasteiger partial charge in [-0.05, 0) is 50.3 Å². The van der Waals surface area contributed by atoms with Gasteiger partial charge in [0.2, 0.25) is 0 Å². The lowest BCUT2D eigenvalue weighted by molar-refractivity contribution is -0.146. The van der Waals surface area contributed by atoms with Crippen LogP contribution in [0.2, 0.25) is 0 Å². The Balaban J connectivity index is 1.83. The first-order valence-corrected chi connectivity index (χ1v) is 10.5. The van der Waals surface area contributed by atoms with Crippen molar-refractivity contribution >= 4 is 16.2 Å². The lowest BCUT2D eigenvalue weighted by atomic mass is 10.1. The molecule has 2 atom stereocenters. The predicted octanol–water partition coefficient (Wildman–Crippen LogP) is 2.10. The molecule has 0 bridgehead atoms. The minimum absolute atomic E-state index is 0.214. The highest BCUT2D eigenvalue weighted by Crippen LogP contribution is 2.37. The van der Waals surface area contributed by atoms with Gasteiger partial charge in [-0.2, -0.15) is 17.0 Å². The third-order valence-electron chi connectivity index (χ3n) is 5.06. The molecule has 1 aromatic carbocycles. The number of carbonyl (C=O) groups excluding carboxylic acids is 1. The van der Waals surface area contributed by atoms with Crippen molar-refractivity contribution in [3.05, 3.63) is 29.8 Å². The van der Waals surface area contributed by atoms with Crippen LogP contribution < -0.4 is 4.74 Å². The summed E-state index contributed by atoms with van der Waals surface area (Å²) in [6.45, 7) is 2.80. The Labute approximate surface area is 155 Å². The fourth-order valence-electron chi connectivity index (χ4n) is 3.80. The second kappa shape index (κ2) is 7.94. The summed E-state index contributed by atoms with van der Waals surface area (Å²) in [7, 11) is -2.13. The highest BCUT2D eigenvalue weighted by Gasteiger charge is 2.45. The van der Waals surface area contributed by atoms with Gasteiger partial charge in [0.25, 0.3) is 10.2 Å². The Bertz CT molecular complexity index is 734. The van der Waals surface area contributed by atoms with Crippen molar-refractivity contribution in [1.82, 2.24) is 8.61 Å². The largest absolute Gasteiger partial charge is 0.497 e. The summed E-state index contributed by atoms with van der Waals surface area (Å²) in [4.78, 5) is 12.2. The number of methoxy groups -OCH3 is 1. The number of hydrogen-bond donors (Lipinski definition) is 0. The fourth-order valence-corrected chi connectivity index (χ4v) is 5.85. The SMILES string of the molecule is CCOC(=O)[C@@H]1CCCN1S(=O)(=O)N1CCC[C@@H]1c1ccc(OC)cc1. The first kappa shape index (κ1) is 19.1. The van der Waals surface area contributed by atoms with Gasteiger partial charge in [-0.15, -0.1) is 0 Å². The van der Waals surface area contributed by atoms with Gasteiger partial charge in [-0.25, -0.2) is 0 Å². The molecule has 2 heterocycles. The minimum atomic E-state index is -3.73. The summed E-state index contributed by atoms with van der Waals surface area (Å²) < 4.78 is 39.7. The van der Waals surface area contributed by atoms with Gasteiger partial charge in [0.05, 0.1) is 19.8 Å². The standard InChI is InChI=1S/C18H26N2O5S/c1-3-25-18(21)17-7-5-13-20(17)26(22,23)19-12-4-6-16(19)14-8-10-15(24-2)11-9-14/h8-11,16-17H,3-7,12-13H2,1-2H3/t16-,17+/m1/s1. The second-order valence-electron chi connectivity index (χ2n) is 6.57. The van der Waals surface area contributed by atoms with E-state index in [-0.39, 0.29) is 12.6 Å². The second-order valence-corrected chi connectivity index (χ2v) is 8.40. The summed E-state index contributed by atoms with van der Waals surface area (Å²) in [5, 5.41) is 0. The van der Waals surface area contributed by atoms with Crippen LogP contribution in [0, 0.1) is 0 Å². The lowest BCUT2D eigenvalue weighted by Crippen LogP contribution is -2.48. The van der Waals surface area contributed by atoms with E-state index >= 15 is 0 Å². The summed E-state index contributed by atoms with van der Waals surface area (Å²) >= 11 is 0. The molecule has 0 aliphatic carbocycles. The molecule has 0 saturated carbocycles. The maximum absolute atomic E-state index is 13.3. The van der Waals surface area contributed by atoms with E-state index in [0.29, 0.717) is 25.9 Å². The normalized spacial score (nSPS) is 24.7. The topological polar surface area (TPSA) is 76.2 Å². The minimum Gasteiger partial charge on any atom is -0.497 e. The maximum Gasteiger partial charge on any atom is 0.324 e. The molecule has 3 rings (SSSR count). The number of ether oxygens (including phenoxy) is 2. The zero-order valence-electron chi connectivity index (χ0n) is 15.3. The predicted molar refractivity (Wildman–Crippen MR) is 97.0 cm³/mol. The molecule has 0 amide bonds. The Morgan fingerprint density at radius 2 is 1.77 bits per heavy atom. The Morgan fingerprint density at radius 1 is 1.12 bits per heavy atom. The molecule has 0 unspecified atom stereocenters. The van der Waals surface area contributed by atoms with Crippen LogP contribution in [0.3, 0.4) is 0 Å². The Kier molecular flexibility index (Phi) is 5.84. The van der Waals surface area contributed by atoms with Gasteiger partial charge >= 0.3 is 5.97 Å². The lowest BCUT2D eigenvalue weighted by Gasteiger charge is -2.31. The van der Waals surface area contributed by atoms with Gasteiger partial charge in [0.15, 0.2) is 0 Å². The molecule has 2 fully saturated rings. The molecule has 26 heavy (non-hydrogen) atoms. The zero-order chi connectivity index (χ0) is 18.7. The van der Waals surface area contributed by atoms with Crippen molar-refractivity contribution in [2.45, 2.75) is 44.7 Å². The number of esters is 1. The van der Waals surface area contributed by atoms with E-state index in [2.05, 4.69) is 0 Å². The highest BCUT2D eigenvalue weighted by molar-refractivity contribution is 7.86. The molecule has 0 radical (unpaired) electrons. The van der Waals surface area contributed by atoms with E-state index in [4.69, 9.17) is 9.47 Å². The van der Waals surface area contributed by atoms with Crippen LogP contribution in [0.5, 0.6) is 5.75 Å². The summed E-state index contributed by atoms with van der Waals surface area (Å²) in [5.41, 5.74) is 0.943. The van der Waals surface area contributed by atoms with E-state index in [1.54, 1.807) is 14.0 Å². The van der Waals surface area contributed by atoms with Crippen molar-refractivity contribution in [3.8, 4) is 5.75 Å². The number of benzene rings is 1. The first-order chi connectivity index (χ1) is 12.5. The quantitative estimate of drug-likeness (QED) is 0.705. The van der Waals surface area contributed by atoms with Crippen molar-refractivity contribution in [2.24, 2.45) is 0 Å². The van der Waals surface area contributed by atoms with Crippen molar-refractivity contribution in [3.63, 3.8) is 0 Å². The molecule has 2 saturated heterocycles. The van der Waals surface area contributed by atoms with Crippen LogP contribution >= 0.6 is 0 Å². The molecule has 8 heteroatoms. The van der Waals surface area contributed by atoms with Gasteiger partial charge in [-0.3, -0.25) is 4.79 Å². The van der Waals surface area contributed by atoms with E-state index in [1.165, 1.54) is 8.61 Å². The zero-order valence-corrected chi connectivity index (χ0v) is 16.1. The molecule has 0 spiro atoms. The number of nitrogens with zero attached hydrogens (tertiary/aromatic N) is 2. The van der Waals surface area contributed by atoms with E-state index in [0.717, 1.165) is 24.2 Å². The van der Waals surface area contributed by atoms with Crippen molar-refractivity contribution in [2.75, 3.05) is 26.8 Å². The van der Waals surface area contributed by atoms with E-state index < -0.39 is 22.2 Å². The van der Waals surface area contributed by atoms with Crippen LogP contribution in [-0.2, 0) is 19.7 Å². The van der Waals surface area contributed by atoms with Gasteiger partial charge in [-0.1, -0.05) is 12.1 Å². The molecule has 144 valence electrons. The Morgan fingerprint density at radius 3 is 2.42 bits per heavy atom. The van der Waals surface area contributed by atoms with Crippen LogP contribution in [0.25, 0.3) is 0 Å². The smallest absolute Gasteiger partial charge is 0.324 e. The van der Waals surface area contributed by atoms with Crippen molar-refractivity contribution in [1.29, 1.82) is 0 Å². The maximum atomic E-state index is 13.3. The highest BCUT2D eigenvalue weighted by atomic mass is 32.2. The average molecular weight is 382 g/mol. The molecule has 1 aromatic rings. The van der Waals surface area contributed by atoms with Gasteiger partial charge < -0.3 is 9.47 Å². The number of carbonyl (C=O) groups is 1. The Hall–Kier alpha value is -1.64. The molecular weight excluding hydrogens is 356 g/mol. The first-order valence-electron chi connectivity index (χ1n) is 9.08. The van der Waals surface area contributed by atoms with Crippen LogP contribution in [0.1, 0.15) is 44.2 Å². The van der Waals surface area contributed by atoms with E-state index in [1.807, 2.05) is 24.3 Å². The number of hydrogen-bond acceptors (Lipinski definition) is 5. The van der Waals surface area contributed by atoms with E-state index in [9.17, 15) is 13.2 Å². The summed E-state index contributed by atoms with van der Waals surface area (Å²) in [5.74, 6) is 0.289. The fraction of sp³-hybridized carbons (Fsp3) is 0.611. The molecule has 7 nitrogen and oxygen atoms in total. The molecule has 0 N–H and O–H groups in total. The summed E-state index contributed by atoms with van der Waals surface area (Å²) in [6.07, 6.45) is 2.75. The van der Waals surface area contributed by atoms with Crippen molar-refractivity contribution < 1.29 is 22.7 Å². The van der Waals surface area contributed by atoms with Crippen LogP contribution in [0.4, 0.5) is 0 Å². The molecule has 2 aliphatic heterocycles. The summed E-state index contributed by atoms with van der Waals surface area (Å²) in [6, 6.07) is 6.58. The number of rotatable bonds is 6. The van der Waals surface area contributed by atoms with Crippen LogP contribution in [0.15, 0.2) is 24.3 Å². The third-order valence-corrected chi connectivity index (χ3v) is 7.12.